The number of aryl methyl sites for hydroxylation is 1. The molecule has 2 aromatic carbocycles. The van der Waals surface area contributed by atoms with Crippen LogP contribution < -0.4 is 10.1 Å². The first kappa shape index (κ1) is 27.9. The molecule has 2 aromatic heterocycles. The van der Waals surface area contributed by atoms with Gasteiger partial charge in [-0.15, -0.1) is 5.10 Å². The molecule has 1 fully saturated rings. The Bertz CT molecular complexity index is 1620. The van der Waals surface area contributed by atoms with Gasteiger partial charge in [-0.05, 0) is 73.3 Å². The third kappa shape index (κ3) is 7.50. The number of amidine groups is 1. The molecule has 41 heavy (non-hydrogen) atoms. The van der Waals surface area contributed by atoms with Gasteiger partial charge in [0.2, 0.25) is 0 Å². The third-order valence-electron chi connectivity index (χ3n) is 5.77. The van der Waals surface area contributed by atoms with Gasteiger partial charge in [0.05, 0.1) is 23.9 Å². The molecule has 0 atom stereocenters. The molecular formula is C30H24ClN5O4S. The van der Waals surface area contributed by atoms with Crippen LogP contribution >= 0.6 is 23.4 Å². The van der Waals surface area contributed by atoms with E-state index < -0.39 is 0 Å². The lowest BCUT2D eigenvalue weighted by Crippen LogP contribution is -2.28. The van der Waals surface area contributed by atoms with Crippen LogP contribution in [0.5, 0.6) is 5.75 Å². The summed E-state index contributed by atoms with van der Waals surface area (Å²) in [5.74, 6) is 0.381. The lowest BCUT2D eigenvalue weighted by atomic mass is 10.2. The number of hydrogen-bond donors (Lipinski definition) is 1. The molecule has 0 bridgehead atoms. The number of anilines is 1. The maximum atomic E-state index is 13.5. The fourth-order valence-electron chi connectivity index (χ4n) is 3.76. The lowest BCUT2D eigenvalue weighted by molar-refractivity contribution is -0.122. The number of nitrogens with zero attached hydrogens (tertiary/aromatic N) is 4. The van der Waals surface area contributed by atoms with Gasteiger partial charge in [0.25, 0.3) is 11.8 Å². The van der Waals surface area contributed by atoms with Gasteiger partial charge in [-0.2, -0.15) is 5.10 Å². The highest BCUT2D eigenvalue weighted by atomic mass is 35.5. The summed E-state index contributed by atoms with van der Waals surface area (Å²) in [6.07, 6.45) is 8.09. The zero-order chi connectivity index (χ0) is 28.6. The molecular weight excluding hydrogens is 562 g/mol. The molecule has 2 amide bonds. The molecule has 5 rings (SSSR count). The van der Waals surface area contributed by atoms with Crippen molar-refractivity contribution in [1.82, 2.24) is 9.88 Å². The smallest absolute Gasteiger partial charge is 0.267 e. The third-order valence-corrected chi connectivity index (χ3v) is 7.00. The van der Waals surface area contributed by atoms with Crippen molar-refractivity contribution in [2.24, 2.45) is 10.2 Å². The number of pyridine rings is 1. The normalized spacial score (nSPS) is 15.3. The summed E-state index contributed by atoms with van der Waals surface area (Å²) in [6, 6.07) is 19.6. The van der Waals surface area contributed by atoms with Crippen molar-refractivity contribution in [2.75, 3.05) is 11.9 Å². The summed E-state index contributed by atoms with van der Waals surface area (Å²) < 4.78 is 11.3. The molecule has 1 aliphatic rings. The molecule has 206 valence electrons. The van der Waals surface area contributed by atoms with Crippen LogP contribution in [0.15, 0.2) is 105 Å². The SMILES string of the molecule is Cc1ccc(NC(=O)COc2ccc(Cl)cc2/C=C2\S/C(=N\N=C\c3cccnc3)N(Cc3ccco3)C2=O)cc1. The summed E-state index contributed by atoms with van der Waals surface area (Å²) in [6.45, 7) is 1.92. The van der Waals surface area contributed by atoms with Gasteiger partial charge >= 0.3 is 0 Å². The minimum Gasteiger partial charge on any atom is -0.483 e. The first-order valence-electron chi connectivity index (χ1n) is 12.5. The number of carbonyl (C=O) groups is 2. The average Bonchev–Trinajstić information content (AvgIpc) is 3.59. The number of ether oxygens (including phenoxy) is 1. The van der Waals surface area contributed by atoms with Gasteiger partial charge in [-0.25, -0.2) is 0 Å². The van der Waals surface area contributed by atoms with Crippen LogP contribution in [0.2, 0.25) is 5.02 Å². The highest BCUT2D eigenvalue weighted by molar-refractivity contribution is 8.18. The van der Waals surface area contributed by atoms with Crippen LogP contribution in [-0.4, -0.2) is 39.7 Å². The average molecular weight is 586 g/mol. The van der Waals surface area contributed by atoms with Crippen molar-refractivity contribution >= 4 is 58.3 Å². The van der Waals surface area contributed by atoms with Crippen molar-refractivity contribution < 1.29 is 18.7 Å². The first-order valence-corrected chi connectivity index (χ1v) is 13.7. The van der Waals surface area contributed by atoms with Gasteiger partial charge < -0.3 is 14.5 Å². The Hall–Kier alpha value is -4.67. The molecule has 1 saturated heterocycles. The Morgan fingerprint density at radius 1 is 1.17 bits per heavy atom. The van der Waals surface area contributed by atoms with Gasteiger partial charge in [-0.3, -0.25) is 19.5 Å². The second-order valence-corrected chi connectivity index (χ2v) is 10.3. The number of aromatic nitrogens is 1. The molecule has 3 heterocycles. The standard InChI is InChI=1S/C30H24ClN5O4S/c1-20-6-9-24(10-7-20)34-28(37)19-40-26-11-8-23(31)14-22(26)15-27-29(38)36(18-25-5-3-13-39-25)30(41-27)35-33-17-21-4-2-12-32-16-21/h2-17H,18-19H2,1H3,(H,34,37)/b27-15-,33-17+,35-30-. The quantitative estimate of drug-likeness (QED) is 0.143. The van der Waals surface area contributed by atoms with Crippen LogP contribution in [0.4, 0.5) is 5.69 Å². The number of nitrogens with one attached hydrogen (secondary N) is 1. The maximum Gasteiger partial charge on any atom is 0.267 e. The molecule has 1 N–H and O–H groups in total. The number of halogens is 1. The van der Waals surface area contributed by atoms with Crippen molar-refractivity contribution in [2.45, 2.75) is 13.5 Å². The van der Waals surface area contributed by atoms with E-state index in [2.05, 4.69) is 20.5 Å². The molecule has 0 spiro atoms. The maximum absolute atomic E-state index is 13.5. The van der Waals surface area contributed by atoms with Gasteiger partial charge in [0.1, 0.15) is 11.5 Å². The molecule has 4 aromatic rings. The number of benzene rings is 2. The lowest BCUT2D eigenvalue weighted by Gasteiger charge is -2.13. The van der Waals surface area contributed by atoms with E-state index in [-0.39, 0.29) is 25.0 Å². The predicted octanol–water partition coefficient (Wildman–Crippen LogP) is 6.16. The van der Waals surface area contributed by atoms with Crippen molar-refractivity contribution in [3.8, 4) is 5.75 Å². The number of thioether (sulfide) groups is 1. The highest BCUT2D eigenvalue weighted by Gasteiger charge is 2.34. The molecule has 0 saturated carbocycles. The van der Waals surface area contributed by atoms with Crippen LogP contribution in [0.3, 0.4) is 0 Å². The Kier molecular flexibility index (Phi) is 8.92. The molecule has 0 aliphatic carbocycles. The second-order valence-electron chi connectivity index (χ2n) is 8.88. The zero-order valence-electron chi connectivity index (χ0n) is 21.9. The number of furan rings is 1. The molecule has 11 heteroatoms. The van der Waals surface area contributed by atoms with Crippen LogP contribution in [0.25, 0.3) is 6.08 Å². The summed E-state index contributed by atoms with van der Waals surface area (Å²) in [7, 11) is 0. The predicted molar refractivity (Wildman–Crippen MR) is 161 cm³/mol. The Balaban J connectivity index is 1.36. The van der Waals surface area contributed by atoms with E-state index in [1.54, 1.807) is 67.3 Å². The molecule has 0 radical (unpaired) electrons. The first-order chi connectivity index (χ1) is 19.9. The minimum absolute atomic E-state index is 0.176. The van der Waals surface area contributed by atoms with E-state index in [1.807, 2.05) is 37.3 Å². The summed E-state index contributed by atoms with van der Waals surface area (Å²) in [5, 5.41) is 12.1. The fourth-order valence-corrected chi connectivity index (χ4v) is 4.87. The second kappa shape index (κ2) is 13.1. The number of rotatable bonds is 9. The topological polar surface area (TPSA) is 109 Å². The van der Waals surface area contributed by atoms with Gasteiger partial charge in [0, 0.05) is 34.2 Å². The van der Waals surface area contributed by atoms with Crippen LogP contribution in [0, 0.1) is 6.92 Å². The molecule has 1 aliphatic heterocycles. The highest BCUT2D eigenvalue weighted by Crippen LogP contribution is 2.36. The van der Waals surface area contributed by atoms with E-state index >= 15 is 0 Å². The summed E-state index contributed by atoms with van der Waals surface area (Å²) in [5.41, 5.74) is 3.07. The van der Waals surface area contributed by atoms with E-state index in [1.165, 1.54) is 4.90 Å². The van der Waals surface area contributed by atoms with Crippen LogP contribution in [0.1, 0.15) is 22.5 Å². The fraction of sp³-hybridized carbons (Fsp3) is 0.100. The van der Waals surface area contributed by atoms with Crippen molar-refractivity contribution in [3.63, 3.8) is 0 Å². The number of hydrogen-bond acceptors (Lipinski definition) is 8. The van der Waals surface area contributed by atoms with E-state index in [4.69, 9.17) is 20.8 Å². The van der Waals surface area contributed by atoms with Crippen molar-refractivity contribution in [1.29, 1.82) is 0 Å². The largest absolute Gasteiger partial charge is 0.483 e. The monoisotopic (exact) mass is 585 g/mol. The summed E-state index contributed by atoms with van der Waals surface area (Å²) >= 11 is 7.43. The van der Waals surface area contributed by atoms with Crippen LogP contribution in [-0.2, 0) is 16.1 Å². The van der Waals surface area contributed by atoms with Crippen molar-refractivity contribution in [3.05, 3.63) is 118 Å². The van der Waals surface area contributed by atoms with E-state index in [9.17, 15) is 9.59 Å². The van der Waals surface area contributed by atoms with E-state index in [0.29, 0.717) is 37.9 Å². The number of carbonyl (C=O) groups excluding carboxylic acids is 2. The molecule has 0 unspecified atom stereocenters. The zero-order valence-corrected chi connectivity index (χ0v) is 23.4. The molecule has 9 nitrogen and oxygen atoms in total. The van der Waals surface area contributed by atoms with Gasteiger partial charge in [0.15, 0.2) is 11.8 Å². The number of amides is 2. The Morgan fingerprint density at radius 2 is 2.02 bits per heavy atom. The minimum atomic E-state index is -0.320. The Morgan fingerprint density at radius 3 is 2.78 bits per heavy atom. The van der Waals surface area contributed by atoms with E-state index in [0.717, 1.165) is 22.9 Å². The summed E-state index contributed by atoms with van der Waals surface area (Å²) in [4.78, 5) is 31.9. The van der Waals surface area contributed by atoms with Gasteiger partial charge in [-0.1, -0.05) is 35.4 Å². The Labute approximate surface area is 245 Å².